The van der Waals surface area contributed by atoms with Crippen molar-refractivity contribution >= 4 is 23.8 Å². The van der Waals surface area contributed by atoms with Crippen molar-refractivity contribution in [2.75, 3.05) is 18.2 Å². The molecule has 1 unspecified atom stereocenters. The molecule has 2 amide bonds. The summed E-state index contributed by atoms with van der Waals surface area (Å²) in [6.07, 6.45) is -1.27. The summed E-state index contributed by atoms with van der Waals surface area (Å²) >= 11 is 1.61. The molecule has 1 fully saturated rings. The number of amides is 2. The number of thioether (sulfide) groups is 1. The van der Waals surface area contributed by atoms with Gasteiger partial charge in [-0.15, -0.1) is 11.8 Å². The highest BCUT2D eigenvalue weighted by molar-refractivity contribution is 7.99. The second kappa shape index (κ2) is 6.60. The maximum atomic E-state index is 13.6. The normalized spacial score (nSPS) is 15.9. The molecule has 1 saturated heterocycles. The molecule has 2 rings (SSSR count). The summed E-state index contributed by atoms with van der Waals surface area (Å²) in [6, 6.07) is 5.11. The van der Waals surface area contributed by atoms with Gasteiger partial charge in [0.25, 0.3) is 0 Å². The van der Waals surface area contributed by atoms with Crippen LogP contribution in [0.2, 0.25) is 0 Å². The van der Waals surface area contributed by atoms with Crippen LogP contribution in [0.4, 0.5) is 9.18 Å². The standard InChI is InChI=1S/C13H15FN2O3S/c14-10-4-2-1-3-9(10)7-11(15-13(18)19)12(17)16-5-6-20-8-16/h1-4,11,15H,5-8H2,(H,18,19). The SMILES string of the molecule is O=C(O)NC(Cc1ccccc1F)C(=O)N1CCSC1. The van der Waals surface area contributed by atoms with Crippen molar-refractivity contribution in [3.05, 3.63) is 35.6 Å². The maximum absolute atomic E-state index is 13.6. The third kappa shape index (κ3) is 3.63. The van der Waals surface area contributed by atoms with Gasteiger partial charge in [0.1, 0.15) is 11.9 Å². The van der Waals surface area contributed by atoms with Crippen molar-refractivity contribution in [3.8, 4) is 0 Å². The number of hydrogen-bond donors (Lipinski definition) is 2. The van der Waals surface area contributed by atoms with Crippen molar-refractivity contribution in [1.29, 1.82) is 0 Å². The minimum Gasteiger partial charge on any atom is -0.465 e. The van der Waals surface area contributed by atoms with Crippen molar-refractivity contribution in [1.82, 2.24) is 10.2 Å². The molecule has 1 aliphatic rings. The van der Waals surface area contributed by atoms with Gasteiger partial charge in [-0.05, 0) is 11.6 Å². The number of nitrogens with zero attached hydrogens (tertiary/aromatic N) is 1. The third-order valence-electron chi connectivity index (χ3n) is 3.04. The van der Waals surface area contributed by atoms with Crippen LogP contribution in [0.3, 0.4) is 0 Å². The topological polar surface area (TPSA) is 69.6 Å². The first kappa shape index (κ1) is 14.6. The predicted octanol–water partition coefficient (Wildman–Crippen LogP) is 1.54. The fraction of sp³-hybridized carbons (Fsp3) is 0.385. The van der Waals surface area contributed by atoms with Gasteiger partial charge < -0.3 is 15.3 Å². The highest BCUT2D eigenvalue weighted by Gasteiger charge is 2.28. The van der Waals surface area contributed by atoms with E-state index in [9.17, 15) is 14.0 Å². The fourth-order valence-electron chi connectivity index (χ4n) is 2.04. The Morgan fingerprint density at radius 3 is 2.80 bits per heavy atom. The van der Waals surface area contributed by atoms with Gasteiger partial charge in [-0.25, -0.2) is 9.18 Å². The quantitative estimate of drug-likeness (QED) is 0.884. The van der Waals surface area contributed by atoms with E-state index in [2.05, 4.69) is 5.32 Å². The van der Waals surface area contributed by atoms with Crippen LogP contribution in [0.15, 0.2) is 24.3 Å². The van der Waals surface area contributed by atoms with E-state index < -0.39 is 18.0 Å². The first-order valence-electron chi connectivity index (χ1n) is 6.17. The average Bonchev–Trinajstić information content (AvgIpc) is 2.93. The zero-order valence-corrected chi connectivity index (χ0v) is 11.5. The van der Waals surface area contributed by atoms with Crippen LogP contribution in [-0.2, 0) is 11.2 Å². The van der Waals surface area contributed by atoms with Crippen LogP contribution in [0.5, 0.6) is 0 Å². The molecule has 1 aliphatic heterocycles. The number of nitrogens with one attached hydrogen (secondary N) is 1. The molecule has 0 bridgehead atoms. The molecule has 20 heavy (non-hydrogen) atoms. The van der Waals surface area contributed by atoms with E-state index in [1.165, 1.54) is 6.07 Å². The van der Waals surface area contributed by atoms with Crippen molar-refractivity contribution < 1.29 is 19.1 Å². The number of carbonyl (C=O) groups is 2. The first-order valence-corrected chi connectivity index (χ1v) is 7.33. The van der Waals surface area contributed by atoms with E-state index in [0.717, 1.165) is 5.75 Å². The molecule has 2 N–H and O–H groups in total. The second-order valence-corrected chi connectivity index (χ2v) is 5.51. The summed E-state index contributed by atoms with van der Waals surface area (Å²) in [4.78, 5) is 24.7. The molecule has 0 aliphatic carbocycles. The predicted molar refractivity (Wildman–Crippen MR) is 74.1 cm³/mol. The number of benzene rings is 1. The van der Waals surface area contributed by atoms with Crippen LogP contribution in [-0.4, -0.2) is 46.2 Å². The molecule has 0 saturated carbocycles. The lowest BCUT2D eigenvalue weighted by Crippen LogP contribution is -2.48. The molecule has 0 spiro atoms. The van der Waals surface area contributed by atoms with E-state index in [-0.39, 0.29) is 12.3 Å². The van der Waals surface area contributed by atoms with Gasteiger partial charge in [0.2, 0.25) is 5.91 Å². The van der Waals surface area contributed by atoms with Gasteiger partial charge in [-0.1, -0.05) is 18.2 Å². The second-order valence-electron chi connectivity index (χ2n) is 4.44. The van der Waals surface area contributed by atoms with Gasteiger partial charge in [-0.2, -0.15) is 0 Å². The monoisotopic (exact) mass is 298 g/mol. The Morgan fingerprint density at radius 2 is 2.20 bits per heavy atom. The summed E-state index contributed by atoms with van der Waals surface area (Å²) in [5, 5.41) is 11.0. The van der Waals surface area contributed by atoms with Crippen LogP contribution in [0, 0.1) is 5.82 Å². The molecule has 5 nitrogen and oxygen atoms in total. The van der Waals surface area contributed by atoms with Crippen molar-refractivity contribution in [3.63, 3.8) is 0 Å². The molecular weight excluding hydrogens is 283 g/mol. The van der Waals surface area contributed by atoms with Gasteiger partial charge in [0.05, 0.1) is 5.88 Å². The number of carboxylic acid groups (broad SMARTS) is 1. The summed E-state index contributed by atoms with van der Waals surface area (Å²) in [6.45, 7) is 0.596. The lowest BCUT2D eigenvalue weighted by atomic mass is 10.0. The van der Waals surface area contributed by atoms with Gasteiger partial charge in [0.15, 0.2) is 0 Å². The molecule has 0 radical (unpaired) electrons. The Balaban J connectivity index is 2.12. The molecule has 0 aromatic heterocycles. The Morgan fingerprint density at radius 1 is 1.45 bits per heavy atom. The number of halogens is 1. The van der Waals surface area contributed by atoms with Crippen LogP contribution < -0.4 is 5.32 Å². The fourth-order valence-corrected chi connectivity index (χ4v) is 3.00. The average molecular weight is 298 g/mol. The number of carbonyl (C=O) groups excluding carboxylic acids is 1. The number of rotatable bonds is 4. The smallest absolute Gasteiger partial charge is 0.405 e. The highest BCUT2D eigenvalue weighted by atomic mass is 32.2. The first-order chi connectivity index (χ1) is 9.58. The highest BCUT2D eigenvalue weighted by Crippen LogP contribution is 2.16. The molecule has 1 aromatic carbocycles. The summed E-state index contributed by atoms with van der Waals surface area (Å²) < 4.78 is 13.6. The third-order valence-corrected chi connectivity index (χ3v) is 4.01. The molecule has 108 valence electrons. The van der Waals surface area contributed by atoms with E-state index in [4.69, 9.17) is 5.11 Å². The lowest BCUT2D eigenvalue weighted by Gasteiger charge is -2.22. The lowest BCUT2D eigenvalue weighted by molar-refractivity contribution is -0.131. The zero-order valence-electron chi connectivity index (χ0n) is 10.7. The minimum absolute atomic E-state index is 0.0129. The molecule has 7 heteroatoms. The largest absolute Gasteiger partial charge is 0.465 e. The van der Waals surface area contributed by atoms with Crippen LogP contribution in [0.25, 0.3) is 0 Å². The van der Waals surface area contributed by atoms with Crippen LogP contribution in [0.1, 0.15) is 5.56 Å². The molecule has 1 heterocycles. The van der Waals surface area contributed by atoms with Gasteiger partial charge in [0, 0.05) is 18.7 Å². The Hall–Kier alpha value is -1.76. The summed E-state index contributed by atoms with van der Waals surface area (Å²) in [5.41, 5.74) is 0.325. The zero-order chi connectivity index (χ0) is 14.5. The molecule has 1 aromatic rings. The van der Waals surface area contributed by atoms with E-state index in [0.29, 0.717) is 18.0 Å². The summed E-state index contributed by atoms with van der Waals surface area (Å²) in [7, 11) is 0. The van der Waals surface area contributed by atoms with Crippen molar-refractivity contribution in [2.45, 2.75) is 12.5 Å². The minimum atomic E-state index is -1.29. The van der Waals surface area contributed by atoms with Crippen LogP contribution >= 0.6 is 11.8 Å². The molecular formula is C13H15FN2O3S. The Labute approximate surface area is 120 Å². The molecule has 1 atom stereocenters. The van der Waals surface area contributed by atoms with Gasteiger partial charge >= 0.3 is 6.09 Å². The summed E-state index contributed by atoms with van der Waals surface area (Å²) in [5.74, 6) is 0.646. The maximum Gasteiger partial charge on any atom is 0.405 e. The Kier molecular flexibility index (Phi) is 4.84. The van der Waals surface area contributed by atoms with E-state index in [1.807, 2.05) is 0 Å². The van der Waals surface area contributed by atoms with Gasteiger partial charge in [-0.3, -0.25) is 4.79 Å². The Bertz CT molecular complexity index is 506. The van der Waals surface area contributed by atoms with E-state index >= 15 is 0 Å². The van der Waals surface area contributed by atoms with E-state index in [1.54, 1.807) is 34.9 Å². The number of hydrogen-bond acceptors (Lipinski definition) is 3. The van der Waals surface area contributed by atoms with Crippen molar-refractivity contribution in [2.24, 2.45) is 0 Å².